The molecule has 0 N–H and O–H groups in total. The molecule has 0 aliphatic rings. The van der Waals surface area contributed by atoms with E-state index in [4.69, 9.17) is 0 Å². The van der Waals surface area contributed by atoms with Crippen LogP contribution in [0.1, 0.15) is 0 Å². The summed E-state index contributed by atoms with van der Waals surface area (Å²) in [5, 5.41) is 11.4. The maximum atomic E-state index is 12.0. The van der Waals surface area contributed by atoms with Crippen LogP contribution in [0, 0.1) is 10.1 Å². The van der Waals surface area contributed by atoms with Gasteiger partial charge in [0.25, 0.3) is 5.69 Å². The quantitative estimate of drug-likeness (QED) is 0.635. The lowest BCUT2D eigenvalue weighted by Gasteiger charge is -2.07. The van der Waals surface area contributed by atoms with Crippen molar-refractivity contribution in [3.8, 4) is 0 Å². The Morgan fingerprint density at radius 3 is 2.68 bits per heavy atom. The van der Waals surface area contributed by atoms with E-state index in [0.29, 0.717) is 5.52 Å². The van der Waals surface area contributed by atoms with Gasteiger partial charge in [0.15, 0.2) is 0 Å². The van der Waals surface area contributed by atoms with Crippen LogP contribution in [-0.4, -0.2) is 20.8 Å². The van der Waals surface area contributed by atoms with Crippen LogP contribution < -0.4 is 0 Å². The minimum Gasteiger partial charge on any atom is -0.346 e. The lowest BCUT2D eigenvalue weighted by atomic mass is 10.2. The molecule has 0 saturated heterocycles. The van der Waals surface area contributed by atoms with Gasteiger partial charge in [-0.2, -0.15) is 13.2 Å². The van der Waals surface area contributed by atoms with Gasteiger partial charge in [0.1, 0.15) is 0 Å². The first-order chi connectivity index (χ1) is 8.87. The molecule has 0 bridgehead atoms. The fourth-order valence-corrected chi connectivity index (χ4v) is 2.26. The molecule has 0 saturated carbocycles. The molecule has 2 aromatic rings. The lowest BCUT2D eigenvalue weighted by Crippen LogP contribution is -2.06. The van der Waals surface area contributed by atoms with Crippen LogP contribution >= 0.6 is 11.8 Å². The number of alkyl halides is 3. The van der Waals surface area contributed by atoms with Gasteiger partial charge in [-0.1, -0.05) is 0 Å². The third kappa shape index (κ3) is 3.40. The molecule has 1 aromatic carbocycles. The van der Waals surface area contributed by atoms with Crippen LogP contribution in [0.4, 0.5) is 18.9 Å². The predicted octanol–water partition coefficient (Wildman–Crippen LogP) is 3.80. The van der Waals surface area contributed by atoms with E-state index in [1.54, 1.807) is 22.9 Å². The number of hydrogen-bond acceptors (Lipinski definition) is 3. The zero-order chi connectivity index (χ0) is 14.0. The molecule has 0 amide bonds. The highest BCUT2D eigenvalue weighted by Crippen LogP contribution is 2.30. The number of nitrogens with zero attached hydrogens (tertiary/aromatic N) is 2. The highest BCUT2D eigenvalue weighted by Gasteiger charge is 2.27. The number of halogens is 3. The number of aromatic nitrogens is 1. The van der Waals surface area contributed by atoms with E-state index in [1.165, 1.54) is 12.1 Å². The van der Waals surface area contributed by atoms with Crippen LogP contribution in [0.3, 0.4) is 0 Å². The SMILES string of the molecule is O=[N+]([O-])c1ccc2ccn(CCSC(F)(F)F)c2c1. The Morgan fingerprint density at radius 2 is 2.05 bits per heavy atom. The lowest BCUT2D eigenvalue weighted by molar-refractivity contribution is -0.384. The van der Waals surface area contributed by atoms with Gasteiger partial charge in [0.2, 0.25) is 0 Å². The van der Waals surface area contributed by atoms with E-state index in [-0.39, 0.29) is 29.7 Å². The zero-order valence-corrected chi connectivity index (χ0v) is 10.4. The fraction of sp³-hybridized carbons (Fsp3) is 0.273. The standard InChI is InChI=1S/C11H9F3N2O2S/c12-11(13,14)19-6-5-15-4-3-8-1-2-9(16(17)18)7-10(8)15/h1-4,7H,5-6H2. The average molecular weight is 290 g/mol. The van der Waals surface area contributed by atoms with Crippen LogP contribution in [0.25, 0.3) is 10.9 Å². The van der Waals surface area contributed by atoms with Gasteiger partial charge in [-0.15, -0.1) is 0 Å². The van der Waals surface area contributed by atoms with Gasteiger partial charge in [-0.25, -0.2) is 0 Å². The molecule has 4 nitrogen and oxygen atoms in total. The molecule has 102 valence electrons. The second-order valence-corrected chi connectivity index (χ2v) is 4.96. The van der Waals surface area contributed by atoms with Crippen molar-refractivity contribution in [2.24, 2.45) is 0 Å². The summed E-state index contributed by atoms with van der Waals surface area (Å²) in [7, 11) is 0. The molecule has 0 unspecified atom stereocenters. The van der Waals surface area contributed by atoms with Gasteiger partial charge in [0.05, 0.1) is 10.4 Å². The third-order valence-electron chi connectivity index (χ3n) is 2.57. The highest BCUT2D eigenvalue weighted by molar-refractivity contribution is 8.00. The van der Waals surface area contributed by atoms with Crippen LogP contribution in [0.2, 0.25) is 0 Å². The number of nitro groups is 1. The summed E-state index contributed by atoms with van der Waals surface area (Å²) in [5.41, 5.74) is -3.76. The zero-order valence-electron chi connectivity index (χ0n) is 9.55. The topological polar surface area (TPSA) is 48.1 Å². The van der Waals surface area contributed by atoms with Gasteiger partial charge >= 0.3 is 5.51 Å². The van der Waals surface area contributed by atoms with Gasteiger partial charge in [0, 0.05) is 36.0 Å². The molecule has 0 aliphatic heterocycles. The number of fused-ring (bicyclic) bond motifs is 1. The number of hydrogen-bond donors (Lipinski definition) is 0. The minimum atomic E-state index is -4.26. The van der Waals surface area contributed by atoms with Crippen LogP contribution in [-0.2, 0) is 6.54 Å². The summed E-state index contributed by atoms with van der Waals surface area (Å²) in [5.74, 6) is -0.129. The smallest absolute Gasteiger partial charge is 0.346 e. The molecule has 0 fully saturated rings. The Hall–Kier alpha value is -1.70. The molecular weight excluding hydrogens is 281 g/mol. The number of thioether (sulfide) groups is 1. The van der Waals surface area contributed by atoms with Crippen molar-refractivity contribution in [2.75, 3.05) is 5.75 Å². The third-order valence-corrected chi connectivity index (χ3v) is 3.28. The maximum absolute atomic E-state index is 12.0. The normalized spacial score (nSPS) is 11.9. The van der Waals surface area contributed by atoms with E-state index in [2.05, 4.69) is 0 Å². The predicted molar refractivity (Wildman–Crippen MR) is 67.1 cm³/mol. The van der Waals surface area contributed by atoms with E-state index >= 15 is 0 Å². The Bertz CT molecular complexity index is 609. The van der Waals surface area contributed by atoms with E-state index in [0.717, 1.165) is 5.39 Å². The fourth-order valence-electron chi connectivity index (χ4n) is 1.74. The summed E-state index contributed by atoms with van der Waals surface area (Å²) >= 11 is -0.104. The number of rotatable bonds is 4. The molecular formula is C11H9F3N2O2S. The Balaban J connectivity index is 2.19. The molecule has 8 heteroatoms. The Morgan fingerprint density at radius 1 is 1.32 bits per heavy atom. The van der Waals surface area contributed by atoms with E-state index < -0.39 is 10.4 Å². The molecule has 1 aromatic heterocycles. The van der Waals surface area contributed by atoms with Crippen LogP contribution in [0.15, 0.2) is 30.5 Å². The highest BCUT2D eigenvalue weighted by atomic mass is 32.2. The van der Waals surface area contributed by atoms with Gasteiger partial charge < -0.3 is 4.57 Å². The summed E-state index contributed by atoms with van der Waals surface area (Å²) in [6.07, 6.45) is 1.63. The van der Waals surface area contributed by atoms with Crippen molar-refractivity contribution in [1.29, 1.82) is 0 Å². The second kappa shape index (κ2) is 5.12. The summed E-state index contributed by atoms with van der Waals surface area (Å²) < 4.78 is 37.7. The summed E-state index contributed by atoms with van der Waals surface area (Å²) in [6.45, 7) is 0.148. The minimum absolute atomic E-state index is 0.0732. The van der Waals surface area contributed by atoms with Crippen molar-refractivity contribution in [3.05, 3.63) is 40.6 Å². The van der Waals surface area contributed by atoms with E-state index in [9.17, 15) is 23.3 Å². The molecule has 19 heavy (non-hydrogen) atoms. The number of non-ortho nitro benzene ring substituents is 1. The summed E-state index contributed by atoms with van der Waals surface area (Å²) in [6, 6.07) is 6.04. The number of aryl methyl sites for hydroxylation is 1. The number of benzene rings is 1. The summed E-state index contributed by atoms with van der Waals surface area (Å²) in [4.78, 5) is 10.1. The molecule has 1 heterocycles. The van der Waals surface area contributed by atoms with Crippen molar-refractivity contribution in [2.45, 2.75) is 12.1 Å². The van der Waals surface area contributed by atoms with Crippen molar-refractivity contribution >= 4 is 28.4 Å². The first kappa shape index (κ1) is 13.7. The Kier molecular flexibility index (Phi) is 3.70. The largest absolute Gasteiger partial charge is 0.441 e. The van der Waals surface area contributed by atoms with Crippen molar-refractivity contribution in [3.63, 3.8) is 0 Å². The van der Waals surface area contributed by atoms with Crippen LogP contribution in [0.5, 0.6) is 0 Å². The molecule has 0 aliphatic carbocycles. The van der Waals surface area contributed by atoms with Crippen molar-refractivity contribution < 1.29 is 18.1 Å². The molecule has 0 radical (unpaired) electrons. The molecule has 0 spiro atoms. The number of nitro benzene ring substituents is 1. The molecule has 0 atom stereocenters. The van der Waals surface area contributed by atoms with Crippen molar-refractivity contribution in [1.82, 2.24) is 4.57 Å². The van der Waals surface area contributed by atoms with Gasteiger partial charge in [-0.3, -0.25) is 10.1 Å². The monoisotopic (exact) mass is 290 g/mol. The average Bonchev–Trinajstić information content (AvgIpc) is 2.70. The maximum Gasteiger partial charge on any atom is 0.441 e. The van der Waals surface area contributed by atoms with Gasteiger partial charge in [-0.05, 0) is 23.9 Å². The van der Waals surface area contributed by atoms with E-state index in [1.807, 2.05) is 0 Å². The second-order valence-electron chi connectivity index (χ2n) is 3.80. The molecule has 2 rings (SSSR count). The first-order valence-corrected chi connectivity index (χ1v) is 6.29. The Labute approximate surface area is 110 Å². The first-order valence-electron chi connectivity index (χ1n) is 5.31.